The van der Waals surface area contributed by atoms with Gasteiger partial charge in [0.1, 0.15) is 0 Å². The predicted molar refractivity (Wildman–Crippen MR) is 135 cm³/mol. The van der Waals surface area contributed by atoms with Gasteiger partial charge in [-0.05, 0) is 83.9 Å². The van der Waals surface area contributed by atoms with Crippen LogP contribution in [0.2, 0.25) is 0 Å². The topological polar surface area (TPSA) is 52.0 Å². The Labute approximate surface area is 193 Å². The van der Waals surface area contributed by atoms with E-state index in [-0.39, 0.29) is 5.41 Å². The minimum Gasteiger partial charge on any atom is -0.399 e. The first kappa shape index (κ1) is 21.4. The molecule has 31 heavy (non-hydrogen) atoms. The largest absolute Gasteiger partial charge is 0.399 e. The van der Waals surface area contributed by atoms with Crippen LogP contribution in [0.15, 0.2) is 117 Å². The number of hydrogen-bond donors (Lipinski definition) is 2. The third-order valence-electron chi connectivity index (χ3n) is 5.38. The van der Waals surface area contributed by atoms with Gasteiger partial charge in [0, 0.05) is 36.4 Å². The van der Waals surface area contributed by atoms with Crippen LogP contribution >= 0.6 is 23.5 Å². The number of benzene rings is 4. The molecule has 0 saturated carbocycles. The molecule has 0 unspecified atom stereocenters. The van der Waals surface area contributed by atoms with E-state index in [0.717, 1.165) is 11.4 Å². The molecule has 4 heteroatoms. The highest BCUT2D eigenvalue weighted by molar-refractivity contribution is 7.99. The highest BCUT2D eigenvalue weighted by atomic mass is 32.2. The summed E-state index contributed by atoms with van der Waals surface area (Å²) in [6.45, 7) is 4.55. The maximum absolute atomic E-state index is 5.78. The van der Waals surface area contributed by atoms with Gasteiger partial charge in [-0.25, -0.2) is 0 Å². The molecule has 0 radical (unpaired) electrons. The van der Waals surface area contributed by atoms with Crippen molar-refractivity contribution < 1.29 is 0 Å². The molecule has 0 aliphatic heterocycles. The van der Waals surface area contributed by atoms with Gasteiger partial charge >= 0.3 is 0 Å². The minimum absolute atomic E-state index is 0.0746. The van der Waals surface area contributed by atoms with Crippen molar-refractivity contribution in [1.29, 1.82) is 0 Å². The van der Waals surface area contributed by atoms with Crippen LogP contribution in [0, 0.1) is 0 Å². The van der Waals surface area contributed by atoms with E-state index in [9.17, 15) is 0 Å². The quantitative estimate of drug-likeness (QED) is 0.304. The summed E-state index contributed by atoms with van der Waals surface area (Å²) in [6, 6.07) is 33.7. The molecule has 0 aromatic heterocycles. The Kier molecular flexibility index (Phi) is 6.30. The van der Waals surface area contributed by atoms with Gasteiger partial charge < -0.3 is 11.5 Å². The molecule has 0 bridgehead atoms. The first-order valence-electron chi connectivity index (χ1n) is 10.2. The fraction of sp³-hybridized carbons (Fsp3) is 0.111. The lowest BCUT2D eigenvalue weighted by molar-refractivity contribution is 0.639. The zero-order chi connectivity index (χ0) is 21.8. The molecule has 4 rings (SSSR count). The van der Waals surface area contributed by atoms with Crippen LogP contribution in [-0.4, -0.2) is 0 Å². The Morgan fingerprint density at radius 1 is 0.452 bits per heavy atom. The van der Waals surface area contributed by atoms with E-state index in [4.69, 9.17) is 11.5 Å². The van der Waals surface area contributed by atoms with Gasteiger partial charge in [-0.3, -0.25) is 0 Å². The SMILES string of the molecule is CC(C)(c1ccc(Sc2ccc(N)cc2)cc1)c1ccc(Sc2ccc(N)cc2)cc1. The fourth-order valence-corrected chi connectivity index (χ4v) is 5.02. The van der Waals surface area contributed by atoms with E-state index in [2.05, 4.69) is 86.6 Å². The standard InChI is InChI=1S/C27H26N2S2/c1-27(2,19-3-11-23(12-4-19)30-25-15-7-21(28)8-16-25)20-5-13-24(14-6-20)31-26-17-9-22(29)10-18-26/h3-18H,28-29H2,1-2H3. The monoisotopic (exact) mass is 442 g/mol. The Bertz CT molecular complexity index is 1040. The summed E-state index contributed by atoms with van der Waals surface area (Å²) >= 11 is 3.50. The van der Waals surface area contributed by atoms with E-state index in [1.54, 1.807) is 23.5 Å². The van der Waals surface area contributed by atoms with E-state index < -0.39 is 0 Å². The lowest BCUT2D eigenvalue weighted by atomic mass is 9.78. The normalized spacial score (nSPS) is 11.4. The van der Waals surface area contributed by atoms with Crippen molar-refractivity contribution >= 4 is 34.9 Å². The maximum Gasteiger partial charge on any atom is 0.0314 e. The Morgan fingerprint density at radius 2 is 0.710 bits per heavy atom. The molecule has 2 nitrogen and oxygen atoms in total. The van der Waals surface area contributed by atoms with Gasteiger partial charge in [0.15, 0.2) is 0 Å². The Morgan fingerprint density at radius 3 is 1.00 bits per heavy atom. The van der Waals surface area contributed by atoms with Gasteiger partial charge in [-0.15, -0.1) is 0 Å². The molecule has 0 fully saturated rings. The average molecular weight is 443 g/mol. The second-order valence-electron chi connectivity index (χ2n) is 8.02. The van der Waals surface area contributed by atoms with Crippen LogP contribution in [0.4, 0.5) is 11.4 Å². The van der Waals surface area contributed by atoms with Gasteiger partial charge in [0.05, 0.1) is 0 Å². The van der Waals surface area contributed by atoms with E-state index in [0.29, 0.717) is 0 Å². The Hall–Kier alpha value is -2.82. The number of hydrogen-bond acceptors (Lipinski definition) is 4. The smallest absolute Gasteiger partial charge is 0.0314 e. The minimum atomic E-state index is -0.0746. The van der Waals surface area contributed by atoms with E-state index in [1.165, 1.54) is 30.7 Å². The van der Waals surface area contributed by atoms with Crippen molar-refractivity contribution in [2.24, 2.45) is 0 Å². The zero-order valence-electron chi connectivity index (χ0n) is 17.7. The van der Waals surface area contributed by atoms with Gasteiger partial charge in [0.2, 0.25) is 0 Å². The van der Waals surface area contributed by atoms with Gasteiger partial charge in [0.25, 0.3) is 0 Å². The summed E-state index contributed by atoms with van der Waals surface area (Å²) in [7, 11) is 0. The summed E-state index contributed by atoms with van der Waals surface area (Å²) in [5, 5.41) is 0. The van der Waals surface area contributed by atoms with E-state index in [1.807, 2.05) is 24.3 Å². The number of anilines is 2. The van der Waals surface area contributed by atoms with Gasteiger partial charge in [-0.1, -0.05) is 61.6 Å². The third-order valence-corrected chi connectivity index (χ3v) is 7.42. The molecule has 156 valence electrons. The third kappa shape index (κ3) is 5.27. The molecule has 0 atom stereocenters. The van der Waals surface area contributed by atoms with E-state index >= 15 is 0 Å². The van der Waals surface area contributed by atoms with Crippen LogP contribution in [-0.2, 0) is 5.41 Å². The van der Waals surface area contributed by atoms with Crippen LogP contribution in [0.3, 0.4) is 0 Å². The zero-order valence-corrected chi connectivity index (χ0v) is 19.3. The lowest BCUT2D eigenvalue weighted by Crippen LogP contribution is -2.18. The predicted octanol–water partition coefficient (Wildman–Crippen LogP) is 7.48. The van der Waals surface area contributed by atoms with Crippen LogP contribution in [0.5, 0.6) is 0 Å². The van der Waals surface area contributed by atoms with Crippen LogP contribution in [0.25, 0.3) is 0 Å². The van der Waals surface area contributed by atoms with Crippen LogP contribution < -0.4 is 11.5 Å². The summed E-state index contributed by atoms with van der Waals surface area (Å²) in [4.78, 5) is 4.82. The highest BCUT2D eigenvalue weighted by Gasteiger charge is 2.23. The molecule has 4 aromatic carbocycles. The first-order valence-corrected chi connectivity index (χ1v) is 11.8. The van der Waals surface area contributed by atoms with Crippen molar-refractivity contribution in [2.45, 2.75) is 38.8 Å². The summed E-state index contributed by atoms with van der Waals surface area (Å²) in [6.07, 6.45) is 0. The molecule has 0 spiro atoms. The van der Waals surface area contributed by atoms with Crippen molar-refractivity contribution in [3.63, 3.8) is 0 Å². The molecular weight excluding hydrogens is 416 g/mol. The first-order chi connectivity index (χ1) is 14.9. The summed E-state index contributed by atoms with van der Waals surface area (Å²) in [5.74, 6) is 0. The second-order valence-corrected chi connectivity index (χ2v) is 10.3. The van der Waals surface area contributed by atoms with Crippen LogP contribution in [0.1, 0.15) is 25.0 Å². The van der Waals surface area contributed by atoms with Crippen molar-refractivity contribution in [1.82, 2.24) is 0 Å². The fourth-order valence-electron chi connectivity index (χ4n) is 3.39. The highest BCUT2D eigenvalue weighted by Crippen LogP contribution is 2.36. The van der Waals surface area contributed by atoms with Crippen molar-refractivity contribution in [3.05, 3.63) is 108 Å². The number of rotatable bonds is 6. The Balaban J connectivity index is 1.46. The molecule has 0 saturated heterocycles. The molecule has 0 aliphatic rings. The van der Waals surface area contributed by atoms with Crippen molar-refractivity contribution in [2.75, 3.05) is 11.5 Å². The number of nitrogen functional groups attached to an aromatic ring is 2. The van der Waals surface area contributed by atoms with Crippen molar-refractivity contribution in [3.8, 4) is 0 Å². The van der Waals surface area contributed by atoms with Gasteiger partial charge in [-0.2, -0.15) is 0 Å². The molecule has 4 N–H and O–H groups in total. The molecule has 0 aliphatic carbocycles. The molecule has 0 heterocycles. The number of nitrogens with two attached hydrogens (primary N) is 2. The second kappa shape index (κ2) is 9.13. The lowest BCUT2D eigenvalue weighted by Gasteiger charge is -2.26. The molecule has 4 aromatic rings. The maximum atomic E-state index is 5.78. The summed E-state index contributed by atoms with van der Waals surface area (Å²) < 4.78 is 0. The molecular formula is C27H26N2S2. The summed E-state index contributed by atoms with van der Waals surface area (Å²) in [5.41, 5.74) is 15.7. The molecule has 0 amide bonds. The average Bonchev–Trinajstić information content (AvgIpc) is 2.78.